The summed E-state index contributed by atoms with van der Waals surface area (Å²) in [5.41, 5.74) is 1.26. The third kappa shape index (κ3) is 2.80. The molecule has 0 fully saturated rings. The smallest absolute Gasteiger partial charge is 0.477 e. The second-order valence-electron chi connectivity index (χ2n) is 5.18. The maximum Gasteiger partial charge on any atom is 0.573 e. The van der Waals surface area contributed by atoms with Crippen LogP contribution in [-0.2, 0) is 7.05 Å². The standard InChI is InChI=1S/C17H12F3NO3/c1-21-13(16(22)23)9-10-5-4-7-12(15(10)21)11-6-2-3-8-14(11)24-17(18,19)20/h2-9H,1H3,(H,22,23). The van der Waals surface area contributed by atoms with Crippen LogP contribution in [0.25, 0.3) is 22.0 Å². The van der Waals surface area contributed by atoms with Crippen LogP contribution in [0.4, 0.5) is 13.2 Å². The van der Waals surface area contributed by atoms with E-state index in [0.29, 0.717) is 16.5 Å². The molecule has 0 saturated carbocycles. The van der Waals surface area contributed by atoms with Crippen LogP contribution in [0.15, 0.2) is 48.5 Å². The Balaban J connectivity index is 2.26. The van der Waals surface area contributed by atoms with E-state index in [9.17, 15) is 23.1 Å². The zero-order chi connectivity index (χ0) is 17.5. The Morgan fingerprint density at radius 3 is 2.42 bits per heavy atom. The van der Waals surface area contributed by atoms with Crippen molar-refractivity contribution in [1.82, 2.24) is 4.57 Å². The number of aromatic nitrogens is 1. The molecule has 0 spiro atoms. The molecular weight excluding hydrogens is 323 g/mol. The number of alkyl halides is 3. The van der Waals surface area contributed by atoms with Gasteiger partial charge in [0.15, 0.2) is 0 Å². The summed E-state index contributed by atoms with van der Waals surface area (Å²) in [7, 11) is 1.56. The zero-order valence-electron chi connectivity index (χ0n) is 12.5. The van der Waals surface area contributed by atoms with Crippen LogP contribution in [0.3, 0.4) is 0 Å². The average Bonchev–Trinajstić information content (AvgIpc) is 2.84. The topological polar surface area (TPSA) is 51.5 Å². The van der Waals surface area contributed by atoms with E-state index >= 15 is 0 Å². The molecule has 3 rings (SSSR count). The van der Waals surface area contributed by atoms with E-state index in [2.05, 4.69) is 4.74 Å². The van der Waals surface area contributed by atoms with Crippen LogP contribution in [0.1, 0.15) is 10.5 Å². The van der Waals surface area contributed by atoms with Gasteiger partial charge in [0.25, 0.3) is 0 Å². The van der Waals surface area contributed by atoms with Gasteiger partial charge in [-0.1, -0.05) is 36.4 Å². The Morgan fingerprint density at radius 1 is 1.08 bits per heavy atom. The number of hydrogen-bond acceptors (Lipinski definition) is 2. The summed E-state index contributed by atoms with van der Waals surface area (Å²) >= 11 is 0. The lowest BCUT2D eigenvalue weighted by atomic mass is 10.0. The van der Waals surface area contributed by atoms with E-state index in [0.717, 1.165) is 0 Å². The first-order valence-corrected chi connectivity index (χ1v) is 6.95. The lowest BCUT2D eigenvalue weighted by Gasteiger charge is -2.14. The van der Waals surface area contributed by atoms with Crippen molar-refractivity contribution in [2.75, 3.05) is 0 Å². The number of fused-ring (bicyclic) bond motifs is 1. The first-order valence-electron chi connectivity index (χ1n) is 6.95. The molecule has 0 atom stereocenters. The summed E-state index contributed by atoms with van der Waals surface area (Å²) in [6.45, 7) is 0. The van der Waals surface area contributed by atoms with Crippen molar-refractivity contribution in [3.63, 3.8) is 0 Å². The number of carboxylic acid groups (broad SMARTS) is 1. The number of para-hydroxylation sites is 2. The van der Waals surface area contributed by atoms with Crippen LogP contribution in [-0.4, -0.2) is 22.0 Å². The lowest BCUT2D eigenvalue weighted by molar-refractivity contribution is -0.274. The number of aromatic carboxylic acids is 1. The zero-order valence-corrected chi connectivity index (χ0v) is 12.5. The first kappa shape index (κ1) is 15.9. The number of halogens is 3. The number of carboxylic acids is 1. The molecule has 4 nitrogen and oxygen atoms in total. The van der Waals surface area contributed by atoms with E-state index in [-0.39, 0.29) is 17.0 Å². The van der Waals surface area contributed by atoms with Gasteiger partial charge in [0, 0.05) is 23.6 Å². The van der Waals surface area contributed by atoms with Crippen LogP contribution in [0.5, 0.6) is 5.75 Å². The van der Waals surface area contributed by atoms with Gasteiger partial charge < -0.3 is 14.4 Å². The molecule has 7 heteroatoms. The summed E-state index contributed by atoms with van der Waals surface area (Å²) in [5.74, 6) is -1.45. The molecule has 0 saturated heterocycles. The molecule has 0 bridgehead atoms. The molecule has 0 amide bonds. The first-order chi connectivity index (χ1) is 11.3. The second kappa shape index (κ2) is 5.59. The van der Waals surface area contributed by atoms with Gasteiger partial charge in [-0.05, 0) is 12.1 Å². The highest BCUT2D eigenvalue weighted by molar-refractivity contribution is 6.01. The second-order valence-corrected chi connectivity index (χ2v) is 5.18. The van der Waals surface area contributed by atoms with Gasteiger partial charge in [-0.3, -0.25) is 0 Å². The molecule has 1 aromatic heterocycles. The Morgan fingerprint density at radius 2 is 1.75 bits per heavy atom. The average molecular weight is 335 g/mol. The minimum Gasteiger partial charge on any atom is -0.477 e. The number of ether oxygens (including phenoxy) is 1. The minimum absolute atomic E-state index is 0.0478. The monoisotopic (exact) mass is 335 g/mol. The highest BCUT2D eigenvalue weighted by Gasteiger charge is 2.32. The highest BCUT2D eigenvalue weighted by atomic mass is 19.4. The molecule has 0 aliphatic carbocycles. The van der Waals surface area contributed by atoms with Gasteiger partial charge in [0.2, 0.25) is 0 Å². The van der Waals surface area contributed by atoms with Crippen LogP contribution < -0.4 is 4.74 Å². The largest absolute Gasteiger partial charge is 0.573 e. The normalized spacial score (nSPS) is 11.7. The van der Waals surface area contributed by atoms with Gasteiger partial charge in [-0.15, -0.1) is 13.2 Å². The van der Waals surface area contributed by atoms with Crippen LogP contribution >= 0.6 is 0 Å². The predicted octanol–water partition coefficient (Wildman–Crippen LogP) is 4.44. The van der Waals surface area contributed by atoms with E-state index in [1.54, 1.807) is 31.3 Å². The fourth-order valence-electron chi connectivity index (χ4n) is 2.74. The van der Waals surface area contributed by atoms with Gasteiger partial charge in [0.05, 0.1) is 5.52 Å². The molecule has 24 heavy (non-hydrogen) atoms. The Hall–Kier alpha value is -2.96. The van der Waals surface area contributed by atoms with Crippen LogP contribution in [0.2, 0.25) is 0 Å². The third-order valence-electron chi connectivity index (χ3n) is 3.68. The molecule has 2 aromatic carbocycles. The number of benzene rings is 2. The quantitative estimate of drug-likeness (QED) is 0.770. The van der Waals surface area contributed by atoms with Crippen molar-refractivity contribution in [3.8, 4) is 16.9 Å². The Bertz CT molecular complexity index is 928. The molecular formula is C17H12F3NO3. The summed E-state index contributed by atoms with van der Waals surface area (Å²) in [5, 5.41) is 9.86. The maximum absolute atomic E-state index is 12.6. The van der Waals surface area contributed by atoms with Crippen molar-refractivity contribution in [3.05, 3.63) is 54.2 Å². The molecule has 0 radical (unpaired) electrons. The third-order valence-corrected chi connectivity index (χ3v) is 3.68. The summed E-state index contributed by atoms with van der Waals surface area (Å²) < 4.78 is 43.5. The molecule has 124 valence electrons. The number of rotatable bonds is 3. The number of hydrogen-bond donors (Lipinski definition) is 1. The maximum atomic E-state index is 12.6. The van der Waals surface area contributed by atoms with Crippen molar-refractivity contribution in [1.29, 1.82) is 0 Å². The number of carbonyl (C=O) groups is 1. The van der Waals surface area contributed by atoms with E-state index in [4.69, 9.17) is 0 Å². The SMILES string of the molecule is Cn1c(C(=O)O)cc2cccc(-c3ccccc3OC(F)(F)F)c21. The van der Waals surface area contributed by atoms with Crippen LogP contribution in [0, 0.1) is 0 Å². The van der Waals surface area contributed by atoms with Crippen molar-refractivity contribution in [2.24, 2.45) is 7.05 Å². The number of nitrogens with zero attached hydrogens (tertiary/aromatic N) is 1. The summed E-state index contributed by atoms with van der Waals surface area (Å²) in [6, 6.07) is 12.2. The molecule has 0 unspecified atom stereocenters. The van der Waals surface area contributed by atoms with E-state index in [1.165, 1.54) is 28.8 Å². The Labute approximate surface area is 134 Å². The lowest BCUT2D eigenvalue weighted by Crippen LogP contribution is -2.17. The molecule has 0 aliphatic heterocycles. The van der Waals surface area contributed by atoms with E-state index in [1.807, 2.05) is 0 Å². The van der Waals surface area contributed by atoms with Crippen molar-refractivity contribution >= 4 is 16.9 Å². The molecule has 0 aliphatic rings. The number of aryl methyl sites for hydroxylation is 1. The van der Waals surface area contributed by atoms with Crippen molar-refractivity contribution < 1.29 is 27.8 Å². The molecule has 1 N–H and O–H groups in total. The predicted molar refractivity (Wildman–Crippen MR) is 82.0 cm³/mol. The van der Waals surface area contributed by atoms with Crippen molar-refractivity contribution in [2.45, 2.75) is 6.36 Å². The fourth-order valence-corrected chi connectivity index (χ4v) is 2.74. The Kier molecular flexibility index (Phi) is 3.71. The highest BCUT2D eigenvalue weighted by Crippen LogP contribution is 2.38. The van der Waals surface area contributed by atoms with E-state index < -0.39 is 12.3 Å². The minimum atomic E-state index is -4.82. The van der Waals surface area contributed by atoms with Gasteiger partial charge in [0.1, 0.15) is 11.4 Å². The summed E-state index contributed by atoms with van der Waals surface area (Å²) in [6.07, 6.45) is -4.82. The molecule has 1 heterocycles. The molecule has 3 aromatic rings. The fraction of sp³-hybridized carbons (Fsp3) is 0.118. The van der Waals surface area contributed by atoms with Gasteiger partial charge in [-0.25, -0.2) is 4.79 Å². The summed E-state index contributed by atoms with van der Waals surface area (Å²) in [4.78, 5) is 11.3. The van der Waals surface area contributed by atoms with Gasteiger partial charge >= 0.3 is 12.3 Å². The van der Waals surface area contributed by atoms with Gasteiger partial charge in [-0.2, -0.15) is 0 Å².